The first kappa shape index (κ1) is 7.80. The minimum Gasteiger partial charge on any atom is -0.279 e. The summed E-state index contributed by atoms with van der Waals surface area (Å²) in [5.74, 6) is 1.06. The normalized spacial score (nSPS) is 9.54. The average Bonchev–Trinajstić information content (AvgIpc) is 2.69. The van der Waals surface area contributed by atoms with E-state index in [-0.39, 0.29) is 0 Å². The predicted molar refractivity (Wildman–Crippen MR) is 47.0 cm³/mol. The van der Waals surface area contributed by atoms with Gasteiger partial charge in [-0.3, -0.25) is 10.9 Å². The van der Waals surface area contributed by atoms with Gasteiger partial charge in [0.2, 0.25) is 5.95 Å². The number of aromatic nitrogens is 5. The minimum atomic E-state index is 0.433. The van der Waals surface area contributed by atoms with Crippen molar-refractivity contribution < 1.29 is 0 Å². The van der Waals surface area contributed by atoms with Crippen LogP contribution in [0.2, 0.25) is 0 Å². The summed E-state index contributed by atoms with van der Waals surface area (Å²) in [6.45, 7) is 0. The molecule has 0 amide bonds. The van der Waals surface area contributed by atoms with Gasteiger partial charge in [-0.1, -0.05) is 4.49 Å². The van der Waals surface area contributed by atoms with Gasteiger partial charge in [0.15, 0.2) is 5.82 Å². The van der Waals surface area contributed by atoms with Gasteiger partial charge in [-0.05, 0) is 11.5 Å². The zero-order chi connectivity index (χ0) is 8.93. The van der Waals surface area contributed by atoms with Gasteiger partial charge in [-0.25, -0.2) is 4.98 Å². The molecule has 2 rings (SSSR count). The molecule has 0 aliphatic carbocycles. The first-order valence-electron chi connectivity index (χ1n) is 3.36. The Morgan fingerprint density at radius 1 is 1.15 bits per heavy atom. The van der Waals surface area contributed by atoms with E-state index >= 15 is 0 Å². The Bertz CT molecular complexity index is 346. The van der Waals surface area contributed by atoms with Gasteiger partial charge in [0.25, 0.3) is 0 Å². The molecule has 0 saturated heterocycles. The fourth-order valence-corrected chi connectivity index (χ4v) is 1.03. The van der Waals surface area contributed by atoms with Gasteiger partial charge in [-0.2, -0.15) is 9.97 Å². The number of hydrazine groups is 1. The van der Waals surface area contributed by atoms with Crippen LogP contribution < -0.4 is 10.9 Å². The lowest BCUT2D eigenvalue weighted by molar-refractivity contribution is 1.03. The zero-order valence-corrected chi connectivity index (χ0v) is 7.19. The molecule has 13 heavy (non-hydrogen) atoms. The summed E-state index contributed by atoms with van der Waals surface area (Å²) >= 11 is 1.26. The van der Waals surface area contributed by atoms with Crippen molar-refractivity contribution in [1.29, 1.82) is 0 Å². The lowest BCUT2D eigenvalue weighted by Crippen LogP contribution is -2.11. The molecule has 0 saturated carbocycles. The third kappa shape index (κ3) is 2.06. The van der Waals surface area contributed by atoms with Gasteiger partial charge in [-0.15, -0.1) is 5.10 Å². The highest BCUT2D eigenvalue weighted by molar-refractivity contribution is 7.03. The van der Waals surface area contributed by atoms with Crippen LogP contribution in [0.25, 0.3) is 0 Å². The van der Waals surface area contributed by atoms with Crippen LogP contribution in [0.15, 0.2) is 18.0 Å². The molecule has 0 aromatic carbocycles. The Kier molecular flexibility index (Phi) is 2.23. The highest BCUT2D eigenvalue weighted by atomic mass is 32.1. The van der Waals surface area contributed by atoms with Crippen LogP contribution in [-0.4, -0.2) is 24.5 Å². The lowest BCUT2D eigenvalue weighted by atomic mass is 10.8. The molecule has 0 bridgehead atoms. The Balaban J connectivity index is 1.94. The van der Waals surface area contributed by atoms with Crippen LogP contribution in [0.1, 0.15) is 0 Å². The topological polar surface area (TPSA) is 88.5 Å². The molecule has 0 atom stereocenters. The molecule has 0 aliphatic rings. The van der Waals surface area contributed by atoms with Crippen molar-refractivity contribution in [2.75, 3.05) is 10.9 Å². The Morgan fingerprint density at radius 3 is 2.69 bits per heavy atom. The fraction of sp³-hybridized carbons (Fsp3) is 0. The third-order valence-electron chi connectivity index (χ3n) is 1.16. The zero-order valence-electron chi connectivity index (χ0n) is 6.38. The largest absolute Gasteiger partial charge is 0.279 e. The molecule has 0 radical (unpaired) electrons. The molecule has 2 N–H and O–H groups in total. The van der Waals surface area contributed by atoms with Gasteiger partial charge < -0.3 is 0 Å². The van der Waals surface area contributed by atoms with E-state index in [0.717, 1.165) is 0 Å². The molecule has 7 nitrogen and oxygen atoms in total. The summed E-state index contributed by atoms with van der Waals surface area (Å²) in [5, 5.41) is 5.51. The molecule has 0 spiro atoms. The smallest absolute Gasteiger partial charge is 0.244 e. The van der Waals surface area contributed by atoms with Crippen molar-refractivity contribution in [3.8, 4) is 0 Å². The highest BCUT2D eigenvalue weighted by Crippen LogP contribution is 2.02. The minimum absolute atomic E-state index is 0.433. The van der Waals surface area contributed by atoms with E-state index in [4.69, 9.17) is 0 Å². The van der Waals surface area contributed by atoms with Crippen molar-refractivity contribution in [2.24, 2.45) is 0 Å². The molecular formula is C5H5N7S. The monoisotopic (exact) mass is 195 g/mol. The summed E-state index contributed by atoms with van der Waals surface area (Å²) in [6.07, 6.45) is 2.80. The second-order valence-corrected chi connectivity index (χ2v) is 2.61. The molecule has 0 aliphatic heterocycles. The number of anilines is 2. The first-order valence-corrected chi connectivity index (χ1v) is 4.20. The molecule has 0 fully saturated rings. The van der Waals surface area contributed by atoms with Crippen LogP contribution in [0.4, 0.5) is 11.8 Å². The molecule has 0 unspecified atom stereocenters. The van der Waals surface area contributed by atoms with Crippen molar-refractivity contribution in [3.63, 3.8) is 0 Å². The quantitative estimate of drug-likeness (QED) is 0.674. The van der Waals surface area contributed by atoms with E-state index < -0.39 is 0 Å². The van der Waals surface area contributed by atoms with Gasteiger partial charge in [0.1, 0.15) is 12.7 Å². The summed E-state index contributed by atoms with van der Waals surface area (Å²) < 4.78 is 3.67. The van der Waals surface area contributed by atoms with E-state index in [9.17, 15) is 0 Å². The maximum absolute atomic E-state index is 3.84. The molecular weight excluding hydrogens is 190 g/mol. The van der Waals surface area contributed by atoms with Crippen LogP contribution in [0.5, 0.6) is 0 Å². The summed E-state index contributed by atoms with van der Waals surface area (Å²) in [4.78, 5) is 11.3. The number of nitrogens with zero attached hydrogens (tertiary/aromatic N) is 5. The van der Waals surface area contributed by atoms with Crippen LogP contribution in [0, 0.1) is 0 Å². The molecule has 2 aromatic rings. The van der Waals surface area contributed by atoms with Crippen molar-refractivity contribution in [1.82, 2.24) is 24.5 Å². The van der Waals surface area contributed by atoms with Gasteiger partial charge in [0, 0.05) is 0 Å². The van der Waals surface area contributed by atoms with Gasteiger partial charge >= 0.3 is 0 Å². The maximum Gasteiger partial charge on any atom is 0.244 e. The SMILES string of the molecule is c1ncnc(NNc2csnn2)n1. The second kappa shape index (κ2) is 3.72. The number of hydrogen-bond donors (Lipinski definition) is 2. The number of nitrogens with one attached hydrogen (secondary N) is 2. The summed E-state index contributed by atoms with van der Waals surface area (Å²) in [6, 6.07) is 0. The van der Waals surface area contributed by atoms with E-state index in [1.54, 1.807) is 5.38 Å². The molecule has 8 heteroatoms. The fourth-order valence-electron chi connectivity index (χ4n) is 0.643. The highest BCUT2D eigenvalue weighted by Gasteiger charge is 1.95. The Hall–Kier alpha value is -1.83. The molecule has 66 valence electrons. The standard InChI is InChI=1S/C5H5N7S/c1-4(10-12-13-1)9-11-5-7-2-6-3-8-5/h1-3,9H,(H,6,7,8,11). The van der Waals surface area contributed by atoms with Crippen molar-refractivity contribution in [2.45, 2.75) is 0 Å². The predicted octanol–water partition coefficient (Wildman–Crippen LogP) is 0.162. The maximum atomic E-state index is 3.84. The molecule has 2 aromatic heterocycles. The second-order valence-electron chi connectivity index (χ2n) is 2.00. The summed E-state index contributed by atoms with van der Waals surface area (Å²) in [5.41, 5.74) is 5.51. The van der Waals surface area contributed by atoms with Crippen molar-refractivity contribution >= 4 is 23.3 Å². The van der Waals surface area contributed by atoms with Crippen molar-refractivity contribution in [3.05, 3.63) is 18.0 Å². The van der Waals surface area contributed by atoms with E-state index in [1.807, 2.05) is 0 Å². The Labute approximate surface area is 77.4 Å². The van der Waals surface area contributed by atoms with E-state index in [1.165, 1.54) is 24.2 Å². The summed E-state index contributed by atoms with van der Waals surface area (Å²) in [7, 11) is 0. The lowest BCUT2D eigenvalue weighted by Gasteiger charge is -2.02. The van der Waals surface area contributed by atoms with E-state index in [0.29, 0.717) is 11.8 Å². The van der Waals surface area contributed by atoms with Crippen LogP contribution in [-0.2, 0) is 0 Å². The number of hydrogen-bond acceptors (Lipinski definition) is 8. The first-order chi connectivity index (χ1) is 6.45. The third-order valence-corrected chi connectivity index (χ3v) is 1.66. The number of rotatable bonds is 3. The Morgan fingerprint density at radius 2 is 2.00 bits per heavy atom. The van der Waals surface area contributed by atoms with E-state index in [2.05, 4.69) is 35.4 Å². The molecule has 2 heterocycles. The average molecular weight is 195 g/mol. The van der Waals surface area contributed by atoms with Crippen LogP contribution >= 0.6 is 11.5 Å². The van der Waals surface area contributed by atoms with Gasteiger partial charge in [0.05, 0.1) is 5.38 Å². The van der Waals surface area contributed by atoms with Crippen LogP contribution in [0.3, 0.4) is 0 Å².